The van der Waals surface area contributed by atoms with Gasteiger partial charge >= 0.3 is 0 Å². The molecule has 4 rings (SSSR count). The van der Waals surface area contributed by atoms with Gasteiger partial charge in [-0.3, -0.25) is 9.69 Å². The van der Waals surface area contributed by atoms with Crippen LogP contribution >= 0.6 is 23.5 Å². The quantitative estimate of drug-likeness (QED) is 0.502. The van der Waals surface area contributed by atoms with E-state index < -0.39 is 0 Å². The maximum atomic E-state index is 13.2. The van der Waals surface area contributed by atoms with Crippen LogP contribution < -0.4 is 9.64 Å². The number of nitrogens with zero attached hydrogens (tertiary/aromatic N) is 3. The van der Waals surface area contributed by atoms with Crippen LogP contribution in [0.2, 0.25) is 0 Å². The van der Waals surface area contributed by atoms with E-state index in [4.69, 9.17) is 9.73 Å². The Hall–Kier alpha value is -2.64. The van der Waals surface area contributed by atoms with Gasteiger partial charge in [-0.2, -0.15) is 0 Å². The molecule has 148 valence electrons. The van der Waals surface area contributed by atoms with Crippen LogP contribution in [0.5, 0.6) is 5.75 Å². The Morgan fingerprint density at radius 3 is 2.76 bits per heavy atom. The minimum Gasteiger partial charge on any atom is -0.497 e. The summed E-state index contributed by atoms with van der Waals surface area (Å²) in [6.45, 7) is 6.25. The molecule has 2 aromatic carbocycles. The zero-order chi connectivity index (χ0) is 20.5. The predicted molar refractivity (Wildman–Crippen MR) is 122 cm³/mol. The van der Waals surface area contributed by atoms with E-state index in [9.17, 15) is 4.79 Å². The lowest BCUT2D eigenvalue weighted by atomic mass is 10.2. The van der Waals surface area contributed by atoms with Crippen LogP contribution in [0.25, 0.3) is 0 Å². The van der Waals surface area contributed by atoms with Crippen LogP contribution in [-0.4, -0.2) is 36.7 Å². The molecule has 1 saturated heterocycles. The zero-order valence-corrected chi connectivity index (χ0v) is 18.1. The minimum absolute atomic E-state index is 0.0459. The van der Waals surface area contributed by atoms with Crippen molar-refractivity contribution >= 4 is 46.0 Å². The third-order valence-electron chi connectivity index (χ3n) is 4.63. The fraction of sp³-hybridized carbons (Fsp3) is 0.182. The number of ether oxygens (including phenoxy) is 1. The number of carbonyl (C=O) groups excluding carboxylic acids is 1. The normalized spacial score (nSPS) is 19.8. The highest BCUT2D eigenvalue weighted by Gasteiger charge is 2.38. The van der Waals surface area contributed by atoms with Crippen molar-refractivity contribution in [2.45, 2.75) is 11.8 Å². The fourth-order valence-corrected chi connectivity index (χ4v) is 5.50. The molecular formula is C22H21N3O2S2. The highest BCUT2D eigenvalue weighted by atomic mass is 32.2. The third-order valence-corrected chi connectivity index (χ3v) is 7.07. The molecule has 1 fully saturated rings. The van der Waals surface area contributed by atoms with Gasteiger partial charge in [-0.05, 0) is 48.5 Å². The smallest absolute Gasteiger partial charge is 0.269 e. The molecule has 0 aliphatic carbocycles. The number of anilines is 1. The van der Waals surface area contributed by atoms with E-state index in [1.807, 2.05) is 61.3 Å². The molecule has 0 radical (unpaired) electrons. The molecular weight excluding hydrogens is 402 g/mol. The first-order valence-electron chi connectivity index (χ1n) is 9.11. The summed E-state index contributed by atoms with van der Waals surface area (Å²) in [7, 11) is 3.63. The summed E-state index contributed by atoms with van der Waals surface area (Å²) in [5.74, 6) is 0.748. The number of benzene rings is 2. The molecule has 0 saturated carbocycles. The van der Waals surface area contributed by atoms with Gasteiger partial charge in [0, 0.05) is 24.6 Å². The topological polar surface area (TPSA) is 45.1 Å². The summed E-state index contributed by atoms with van der Waals surface area (Å²) in [5, 5.41) is 1.58. The standard InChI is InChI=1S/C22H21N3O2S2/c1-5-11-25-20(26)19(29-22(25)23-15-8-6-7-14(2)12-15)21-24(3)17-13-16(27-4)9-10-18(17)28-21/h5-10,12-13H,1,11H2,2-4H3/b21-19-,23-22?. The Kier molecular flexibility index (Phi) is 5.43. The zero-order valence-electron chi connectivity index (χ0n) is 16.5. The Morgan fingerprint density at radius 2 is 2.03 bits per heavy atom. The Balaban J connectivity index is 1.73. The molecule has 0 bridgehead atoms. The largest absolute Gasteiger partial charge is 0.497 e. The van der Waals surface area contributed by atoms with Crippen LogP contribution in [0.15, 0.2) is 74.9 Å². The number of amidine groups is 1. The monoisotopic (exact) mass is 423 g/mol. The van der Waals surface area contributed by atoms with Crippen molar-refractivity contribution < 1.29 is 9.53 Å². The first-order chi connectivity index (χ1) is 14.0. The maximum absolute atomic E-state index is 13.2. The van der Waals surface area contributed by atoms with Crippen molar-refractivity contribution in [3.8, 4) is 5.75 Å². The van der Waals surface area contributed by atoms with Gasteiger partial charge in [-0.1, -0.05) is 30.0 Å². The Labute approximate surface area is 179 Å². The second-order valence-electron chi connectivity index (χ2n) is 6.67. The summed E-state index contributed by atoms with van der Waals surface area (Å²) >= 11 is 3.01. The second kappa shape index (κ2) is 8.00. The number of aryl methyl sites for hydroxylation is 1. The lowest BCUT2D eigenvalue weighted by Crippen LogP contribution is -2.29. The molecule has 0 unspecified atom stereocenters. The Bertz CT molecular complexity index is 1060. The average molecular weight is 424 g/mol. The highest BCUT2D eigenvalue weighted by Crippen LogP contribution is 2.51. The number of fused-ring (bicyclic) bond motifs is 1. The van der Waals surface area contributed by atoms with Gasteiger partial charge in [-0.25, -0.2) is 4.99 Å². The maximum Gasteiger partial charge on any atom is 0.269 e. The highest BCUT2D eigenvalue weighted by molar-refractivity contribution is 8.19. The molecule has 0 spiro atoms. The second-order valence-corrected chi connectivity index (χ2v) is 8.68. The van der Waals surface area contributed by atoms with Gasteiger partial charge in [0.1, 0.15) is 10.7 Å². The lowest BCUT2D eigenvalue weighted by Gasteiger charge is -2.15. The summed E-state index contributed by atoms with van der Waals surface area (Å²) in [5.41, 5.74) is 3.00. The van der Waals surface area contributed by atoms with Crippen LogP contribution in [0.4, 0.5) is 11.4 Å². The molecule has 29 heavy (non-hydrogen) atoms. The number of aliphatic imine (C=N–C) groups is 1. The van der Waals surface area contributed by atoms with Gasteiger partial charge in [0.15, 0.2) is 5.17 Å². The first-order valence-corrected chi connectivity index (χ1v) is 10.7. The summed E-state index contributed by atoms with van der Waals surface area (Å²) in [4.78, 5) is 23.5. The predicted octanol–water partition coefficient (Wildman–Crippen LogP) is 5.16. The number of hydrogen-bond donors (Lipinski definition) is 0. The summed E-state index contributed by atoms with van der Waals surface area (Å²) in [6, 6.07) is 13.9. The Morgan fingerprint density at radius 1 is 1.21 bits per heavy atom. The SMILES string of the molecule is C=CCN1C(=O)/C(=C2/Sc3ccc(OC)cc3N2C)SC1=Nc1cccc(C)c1. The van der Waals surface area contributed by atoms with Crippen LogP contribution in [0.1, 0.15) is 5.56 Å². The van der Waals surface area contributed by atoms with Crippen molar-refractivity contribution in [3.63, 3.8) is 0 Å². The lowest BCUT2D eigenvalue weighted by molar-refractivity contribution is -0.121. The molecule has 2 aliphatic heterocycles. The van der Waals surface area contributed by atoms with E-state index in [1.54, 1.807) is 29.8 Å². The van der Waals surface area contributed by atoms with Crippen molar-refractivity contribution in [3.05, 3.63) is 70.6 Å². The van der Waals surface area contributed by atoms with E-state index >= 15 is 0 Å². The molecule has 7 heteroatoms. The van der Waals surface area contributed by atoms with E-state index in [0.29, 0.717) is 16.6 Å². The molecule has 0 N–H and O–H groups in total. The van der Waals surface area contributed by atoms with E-state index in [1.165, 1.54) is 11.8 Å². The van der Waals surface area contributed by atoms with Crippen molar-refractivity contribution in [2.24, 2.45) is 4.99 Å². The van der Waals surface area contributed by atoms with Crippen molar-refractivity contribution in [1.29, 1.82) is 0 Å². The van der Waals surface area contributed by atoms with Gasteiger partial charge in [-0.15, -0.1) is 6.58 Å². The molecule has 0 atom stereocenters. The number of hydrogen-bond acceptors (Lipinski definition) is 6. The number of rotatable bonds is 4. The molecule has 2 aliphatic rings. The molecule has 0 aromatic heterocycles. The van der Waals surface area contributed by atoms with Gasteiger partial charge in [0.05, 0.1) is 23.5 Å². The minimum atomic E-state index is -0.0459. The first kappa shape index (κ1) is 19.7. The van der Waals surface area contributed by atoms with E-state index in [2.05, 4.69) is 6.58 Å². The molecule has 2 aromatic rings. The molecule has 1 amide bonds. The van der Waals surface area contributed by atoms with E-state index in [0.717, 1.165) is 32.6 Å². The number of carbonyl (C=O) groups is 1. The summed E-state index contributed by atoms with van der Waals surface area (Å²) in [6.07, 6.45) is 1.73. The van der Waals surface area contributed by atoms with Gasteiger partial charge in [0.2, 0.25) is 0 Å². The van der Waals surface area contributed by atoms with Crippen LogP contribution in [0.3, 0.4) is 0 Å². The molecule has 5 nitrogen and oxygen atoms in total. The van der Waals surface area contributed by atoms with Gasteiger partial charge in [0.25, 0.3) is 5.91 Å². The number of methoxy groups -OCH3 is 1. The van der Waals surface area contributed by atoms with Crippen LogP contribution in [0, 0.1) is 6.92 Å². The summed E-state index contributed by atoms with van der Waals surface area (Å²) < 4.78 is 5.35. The number of thioether (sulfide) groups is 2. The van der Waals surface area contributed by atoms with E-state index in [-0.39, 0.29) is 5.91 Å². The number of amides is 1. The van der Waals surface area contributed by atoms with Gasteiger partial charge < -0.3 is 9.64 Å². The fourth-order valence-electron chi connectivity index (χ4n) is 3.17. The average Bonchev–Trinajstić information content (AvgIpc) is 3.19. The third kappa shape index (κ3) is 3.68. The van der Waals surface area contributed by atoms with Crippen LogP contribution in [-0.2, 0) is 4.79 Å². The molecule has 2 heterocycles. The van der Waals surface area contributed by atoms with Crippen molar-refractivity contribution in [2.75, 3.05) is 25.6 Å². The van der Waals surface area contributed by atoms with Crippen molar-refractivity contribution in [1.82, 2.24) is 4.90 Å².